The van der Waals surface area contributed by atoms with Gasteiger partial charge < -0.3 is 10.6 Å². The highest BCUT2D eigenvalue weighted by Gasteiger charge is 2.53. The second-order valence-corrected chi connectivity index (χ2v) is 13.3. The number of amides is 2. The van der Waals surface area contributed by atoms with Crippen LogP contribution in [-0.2, 0) is 4.79 Å². The highest BCUT2D eigenvalue weighted by atomic mass is 16.2. The molecule has 1 heterocycles. The van der Waals surface area contributed by atoms with Gasteiger partial charge in [0.25, 0.3) is 0 Å². The minimum absolute atomic E-state index is 0.0727. The Labute approximate surface area is 219 Å². The molecule has 192 valence electrons. The Kier molecular flexibility index (Phi) is 5.12. The molecule has 4 bridgehead atoms. The number of benzene rings is 2. The molecule has 1 atom stereocenters. The summed E-state index contributed by atoms with van der Waals surface area (Å²) < 4.78 is 0. The van der Waals surface area contributed by atoms with Gasteiger partial charge in [0.05, 0.1) is 17.4 Å². The number of anilines is 2. The van der Waals surface area contributed by atoms with Crippen LogP contribution in [0.2, 0.25) is 0 Å². The predicted octanol–water partition coefficient (Wildman–Crippen LogP) is 6.98. The molecule has 37 heavy (non-hydrogen) atoms. The Balaban J connectivity index is 1.36. The fourth-order valence-corrected chi connectivity index (χ4v) is 8.71. The van der Waals surface area contributed by atoms with E-state index in [4.69, 9.17) is 0 Å². The fourth-order valence-electron chi connectivity index (χ4n) is 8.71. The lowest BCUT2D eigenvalue weighted by atomic mass is 9.53. The Bertz CT molecular complexity index is 1260. The number of Topliss-reactive ketones (excluding diaryl/α,β-unsaturated/α-hetero) is 1. The highest BCUT2D eigenvalue weighted by molar-refractivity contribution is 6.06. The number of fused-ring (bicyclic) bond motifs is 1. The Morgan fingerprint density at radius 1 is 0.892 bits per heavy atom. The molecule has 2 N–H and O–H groups in total. The number of allylic oxidation sites excluding steroid dienone is 1. The van der Waals surface area contributed by atoms with Crippen molar-refractivity contribution in [2.24, 2.45) is 23.2 Å². The van der Waals surface area contributed by atoms with Gasteiger partial charge in [-0.25, -0.2) is 4.79 Å². The number of para-hydroxylation sites is 2. The molecule has 2 amide bonds. The maximum Gasteiger partial charge on any atom is 0.323 e. The van der Waals surface area contributed by atoms with Gasteiger partial charge in [-0.05, 0) is 85.8 Å². The van der Waals surface area contributed by atoms with Crippen LogP contribution in [0, 0.1) is 23.2 Å². The highest BCUT2D eigenvalue weighted by Crippen LogP contribution is 2.56. The van der Waals surface area contributed by atoms with Crippen LogP contribution in [0.25, 0.3) is 0 Å². The van der Waals surface area contributed by atoms with E-state index in [1.165, 1.54) is 19.3 Å². The summed E-state index contributed by atoms with van der Waals surface area (Å²) in [5.41, 5.74) is 4.14. The van der Waals surface area contributed by atoms with E-state index in [9.17, 15) is 9.59 Å². The lowest BCUT2D eigenvalue weighted by Crippen LogP contribution is -2.62. The number of hydrogen-bond acceptors (Lipinski definition) is 3. The lowest BCUT2D eigenvalue weighted by Gasteiger charge is -2.57. The number of nitrogens with zero attached hydrogens (tertiary/aromatic N) is 1. The van der Waals surface area contributed by atoms with Crippen LogP contribution in [0.5, 0.6) is 0 Å². The number of nitrogens with one attached hydrogen (secondary N) is 2. The summed E-state index contributed by atoms with van der Waals surface area (Å²) in [5, 5.41) is 7.24. The third-order valence-corrected chi connectivity index (χ3v) is 9.65. The lowest BCUT2D eigenvalue weighted by molar-refractivity contribution is -0.118. The van der Waals surface area contributed by atoms with Crippen molar-refractivity contribution in [2.45, 2.75) is 76.8 Å². The van der Waals surface area contributed by atoms with Crippen LogP contribution in [-0.4, -0.2) is 17.4 Å². The normalized spacial score (nSPS) is 33.4. The van der Waals surface area contributed by atoms with Crippen LogP contribution < -0.4 is 15.5 Å². The van der Waals surface area contributed by atoms with Gasteiger partial charge >= 0.3 is 6.03 Å². The SMILES string of the molecule is CC1(C)CC(=O)C2=C(C1)Nc1ccccc1N(C(=O)NC13CC4CC(CC(C4)C1)C3)[C@H]2c1ccccc1. The maximum atomic E-state index is 14.5. The first-order chi connectivity index (χ1) is 17.8. The van der Waals surface area contributed by atoms with Gasteiger partial charge in [0.1, 0.15) is 0 Å². The molecule has 4 fully saturated rings. The number of urea groups is 1. The third kappa shape index (κ3) is 3.89. The summed E-state index contributed by atoms with van der Waals surface area (Å²) in [6.07, 6.45) is 8.53. The molecule has 5 heteroatoms. The van der Waals surface area contributed by atoms with Crippen LogP contribution in [0.15, 0.2) is 65.9 Å². The minimum Gasteiger partial charge on any atom is -0.357 e. The Morgan fingerprint density at radius 3 is 2.19 bits per heavy atom. The summed E-state index contributed by atoms with van der Waals surface area (Å²) in [7, 11) is 0. The fraction of sp³-hybridized carbons (Fsp3) is 0.500. The van der Waals surface area contributed by atoms with Crippen molar-refractivity contribution < 1.29 is 9.59 Å². The molecule has 0 saturated heterocycles. The van der Waals surface area contributed by atoms with E-state index in [1.54, 1.807) is 0 Å². The van der Waals surface area contributed by atoms with Gasteiger partial charge in [-0.15, -0.1) is 0 Å². The molecule has 0 radical (unpaired) electrons. The average molecular weight is 496 g/mol. The zero-order valence-electron chi connectivity index (χ0n) is 21.9. The second kappa shape index (κ2) is 8.21. The summed E-state index contributed by atoms with van der Waals surface area (Å²) in [5.74, 6) is 2.36. The molecule has 5 nitrogen and oxygen atoms in total. The van der Waals surface area contributed by atoms with Crippen molar-refractivity contribution in [1.29, 1.82) is 0 Å². The number of carbonyl (C=O) groups excluding carboxylic acids is 2. The summed E-state index contributed by atoms with van der Waals surface area (Å²) in [6.45, 7) is 4.31. The first-order valence-corrected chi connectivity index (χ1v) is 14.1. The molecule has 4 saturated carbocycles. The van der Waals surface area contributed by atoms with E-state index in [0.717, 1.165) is 71.6 Å². The smallest absolute Gasteiger partial charge is 0.323 e. The van der Waals surface area contributed by atoms with E-state index >= 15 is 0 Å². The van der Waals surface area contributed by atoms with Gasteiger partial charge in [-0.2, -0.15) is 0 Å². The standard InChI is InChI=1S/C32H37N3O2/c1-31(2)18-25-28(27(36)19-31)29(23-8-4-3-5-9-23)35(26-11-7-6-10-24(26)33-25)30(37)34-32-15-20-12-21(16-32)14-22(13-20)17-32/h3-11,20-22,29,33H,12-19H2,1-2H3,(H,34,37)/t20?,21?,22?,29-,32?/m0/s1. The van der Waals surface area contributed by atoms with Crippen LogP contribution in [0.3, 0.4) is 0 Å². The monoisotopic (exact) mass is 495 g/mol. The number of hydrogen-bond donors (Lipinski definition) is 2. The van der Waals surface area contributed by atoms with Gasteiger partial charge in [-0.3, -0.25) is 9.69 Å². The number of ketones is 1. The van der Waals surface area contributed by atoms with Gasteiger partial charge in [0.15, 0.2) is 5.78 Å². The van der Waals surface area contributed by atoms with Crippen molar-refractivity contribution in [3.8, 4) is 0 Å². The van der Waals surface area contributed by atoms with Crippen LogP contribution >= 0.6 is 0 Å². The van der Waals surface area contributed by atoms with Gasteiger partial charge in [-0.1, -0.05) is 56.3 Å². The Morgan fingerprint density at radius 2 is 1.51 bits per heavy atom. The molecule has 2 aromatic carbocycles. The van der Waals surface area contributed by atoms with Gasteiger partial charge in [0, 0.05) is 23.2 Å². The molecule has 0 spiro atoms. The zero-order chi connectivity index (χ0) is 25.4. The largest absolute Gasteiger partial charge is 0.357 e. The quantitative estimate of drug-likeness (QED) is 0.472. The van der Waals surface area contributed by atoms with Crippen molar-refractivity contribution in [2.75, 3.05) is 10.2 Å². The number of rotatable bonds is 2. The molecule has 5 aliphatic carbocycles. The minimum atomic E-state index is -0.468. The van der Waals surface area contributed by atoms with E-state index in [-0.39, 0.29) is 22.8 Å². The van der Waals surface area contributed by atoms with Crippen molar-refractivity contribution in [3.05, 3.63) is 71.4 Å². The van der Waals surface area contributed by atoms with E-state index in [1.807, 2.05) is 47.4 Å². The van der Waals surface area contributed by atoms with E-state index in [2.05, 4.69) is 36.6 Å². The van der Waals surface area contributed by atoms with Crippen LogP contribution in [0.1, 0.15) is 76.8 Å². The summed E-state index contributed by atoms with van der Waals surface area (Å²) >= 11 is 0. The first kappa shape index (κ1) is 23.1. The molecule has 0 aromatic heterocycles. The summed E-state index contributed by atoms with van der Waals surface area (Å²) in [4.78, 5) is 30.3. The second-order valence-electron chi connectivity index (χ2n) is 13.3. The molecule has 2 aromatic rings. The van der Waals surface area contributed by atoms with Crippen LogP contribution in [0.4, 0.5) is 16.2 Å². The molecule has 8 rings (SSSR count). The topological polar surface area (TPSA) is 61.4 Å². The van der Waals surface area contributed by atoms with Crippen molar-refractivity contribution >= 4 is 23.2 Å². The first-order valence-electron chi connectivity index (χ1n) is 14.1. The molecular formula is C32H37N3O2. The van der Waals surface area contributed by atoms with Gasteiger partial charge in [0.2, 0.25) is 0 Å². The molecular weight excluding hydrogens is 458 g/mol. The summed E-state index contributed by atoms with van der Waals surface area (Å²) in [6, 6.07) is 17.6. The maximum absolute atomic E-state index is 14.5. The third-order valence-electron chi connectivity index (χ3n) is 9.65. The average Bonchev–Trinajstić information content (AvgIpc) is 2.97. The van der Waals surface area contributed by atoms with E-state index < -0.39 is 6.04 Å². The van der Waals surface area contributed by atoms with E-state index in [0.29, 0.717) is 6.42 Å². The number of carbonyl (C=O) groups is 2. The molecule has 6 aliphatic rings. The zero-order valence-corrected chi connectivity index (χ0v) is 21.9. The van der Waals surface area contributed by atoms with Crippen molar-refractivity contribution in [1.82, 2.24) is 5.32 Å². The Hall–Kier alpha value is -3.08. The molecule has 1 aliphatic heterocycles. The predicted molar refractivity (Wildman–Crippen MR) is 146 cm³/mol. The van der Waals surface area contributed by atoms with Crippen molar-refractivity contribution in [3.63, 3.8) is 0 Å². The molecule has 0 unspecified atom stereocenters.